The lowest BCUT2D eigenvalue weighted by molar-refractivity contribution is 0.0951. The number of aromatic nitrogens is 4. The van der Waals surface area contributed by atoms with Gasteiger partial charge in [-0.3, -0.25) is 4.79 Å². The zero-order chi connectivity index (χ0) is 20.3. The van der Waals surface area contributed by atoms with Crippen LogP contribution in [0.4, 0.5) is 14.6 Å². The maximum absolute atomic E-state index is 13.6. The fraction of sp³-hybridized carbons (Fsp3) is 0.263. The summed E-state index contributed by atoms with van der Waals surface area (Å²) < 4.78 is 28.2. The van der Waals surface area contributed by atoms with E-state index in [0.717, 1.165) is 29.1 Å². The number of carbonyl (C=O) groups excluding carboxylic acids is 1. The lowest BCUT2D eigenvalue weighted by Crippen LogP contribution is -2.29. The third-order valence-electron chi connectivity index (χ3n) is 4.41. The molecule has 1 aromatic carbocycles. The molecule has 0 atom stereocenters. The Kier molecular flexibility index (Phi) is 5.62. The van der Waals surface area contributed by atoms with Gasteiger partial charge in [-0.05, 0) is 50.6 Å². The minimum atomic E-state index is -0.897. The molecule has 0 aliphatic rings. The smallest absolute Gasteiger partial charge is 0.254 e. The van der Waals surface area contributed by atoms with Gasteiger partial charge in [-0.25, -0.2) is 13.5 Å². The van der Waals surface area contributed by atoms with E-state index in [1.165, 1.54) is 0 Å². The standard InChI is InChI=1S/C19H20F2N6O/c1-11-12(2)26-27(13(11)3)18-7-6-17(24-25-18)22-8-9-23-19(28)15-5-4-14(20)10-16(15)21/h4-7,10H,8-9H2,1-3H3,(H,22,24)(H,23,28). The third-order valence-corrected chi connectivity index (χ3v) is 4.41. The Morgan fingerprint density at radius 2 is 1.86 bits per heavy atom. The summed E-state index contributed by atoms with van der Waals surface area (Å²) in [6, 6.07) is 6.38. The van der Waals surface area contributed by atoms with Gasteiger partial charge in [0.1, 0.15) is 17.5 Å². The highest BCUT2D eigenvalue weighted by atomic mass is 19.1. The van der Waals surface area contributed by atoms with Gasteiger partial charge in [0.25, 0.3) is 5.91 Å². The second-order valence-electron chi connectivity index (χ2n) is 6.29. The summed E-state index contributed by atoms with van der Waals surface area (Å²) in [5.74, 6) is -1.09. The van der Waals surface area contributed by atoms with E-state index in [1.807, 2.05) is 20.8 Å². The van der Waals surface area contributed by atoms with Crippen molar-refractivity contribution in [3.05, 3.63) is 64.5 Å². The molecule has 146 valence electrons. The van der Waals surface area contributed by atoms with E-state index in [2.05, 4.69) is 25.9 Å². The van der Waals surface area contributed by atoms with Crippen LogP contribution in [0.1, 0.15) is 27.3 Å². The molecule has 0 aliphatic heterocycles. The van der Waals surface area contributed by atoms with Gasteiger partial charge in [-0.1, -0.05) is 0 Å². The van der Waals surface area contributed by atoms with Crippen molar-refractivity contribution < 1.29 is 13.6 Å². The zero-order valence-corrected chi connectivity index (χ0v) is 15.8. The first kappa shape index (κ1) is 19.4. The van der Waals surface area contributed by atoms with Crippen molar-refractivity contribution in [2.75, 3.05) is 18.4 Å². The Balaban J connectivity index is 1.52. The SMILES string of the molecule is Cc1nn(-c2ccc(NCCNC(=O)c3ccc(F)cc3F)nn2)c(C)c1C. The second-order valence-corrected chi connectivity index (χ2v) is 6.29. The summed E-state index contributed by atoms with van der Waals surface area (Å²) in [7, 11) is 0. The van der Waals surface area contributed by atoms with Crippen molar-refractivity contribution in [3.63, 3.8) is 0 Å². The molecule has 0 fully saturated rings. The van der Waals surface area contributed by atoms with Gasteiger partial charge in [-0.15, -0.1) is 10.2 Å². The third kappa shape index (κ3) is 4.13. The highest BCUT2D eigenvalue weighted by Gasteiger charge is 2.12. The molecule has 2 heterocycles. The van der Waals surface area contributed by atoms with Crippen molar-refractivity contribution in [2.45, 2.75) is 20.8 Å². The molecule has 0 saturated heterocycles. The summed E-state index contributed by atoms with van der Waals surface area (Å²) in [5, 5.41) is 18.3. The normalized spacial score (nSPS) is 10.8. The summed E-state index contributed by atoms with van der Waals surface area (Å²) in [6.45, 7) is 6.51. The van der Waals surface area contributed by atoms with Crippen molar-refractivity contribution in [1.82, 2.24) is 25.3 Å². The molecule has 9 heteroatoms. The molecule has 7 nitrogen and oxygen atoms in total. The van der Waals surface area contributed by atoms with Gasteiger partial charge < -0.3 is 10.6 Å². The van der Waals surface area contributed by atoms with Gasteiger partial charge >= 0.3 is 0 Å². The topological polar surface area (TPSA) is 84.7 Å². The van der Waals surface area contributed by atoms with Crippen LogP contribution in [0.5, 0.6) is 0 Å². The van der Waals surface area contributed by atoms with Crippen LogP contribution >= 0.6 is 0 Å². The molecular formula is C19H20F2N6O. The molecule has 0 saturated carbocycles. The zero-order valence-electron chi connectivity index (χ0n) is 15.8. The number of halogens is 2. The van der Waals surface area contributed by atoms with E-state index >= 15 is 0 Å². The van der Waals surface area contributed by atoms with Crippen molar-refractivity contribution in [3.8, 4) is 5.82 Å². The van der Waals surface area contributed by atoms with Crippen molar-refractivity contribution in [1.29, 1.82) is 0 Å². The van der Waals surface area contributed by atoms with Crippen LogP contribution in [0.25, 0.3) is 5.82 Å². The number of aryl methyl sites for hydroxylation is 1. The van der Waals surface area contributed by atoms with E-state index in [0.29, 0.717) is 24.2 Å². The number of carbonyl (C=O) groups is 1. The number of rotatable bonds is 6. The average Bonchev–Trinajstić information content (AvgIpc) is 2.93. The van der Waals surface area contributed by atoms with Gasteiger partial charge in [0.05, 0.1) is 11.3 Å². The first-order valence-electron chi connectivity index (χ1n) is 8.71. The highest BCUT2D eigenvalue weighted by Crippen LogP contribution is 2.15. The molecule has 2 N–H and O–H groups in total. The minimum Gasteiger partial charge on any atom is -0.367 e. The lowest BCUT2D eigenvalue weighted by atomic mass is 10.2. The van der Waals surface area contributed by atoms with Crippen LogP contribution in [-0.4, -0.2) is 39.0 Å². The number of nitrogens with zero attached hydrogens (tertiary/aromatic N) is 4. The number of nitrogens with one attached hydrogen (secondary N) is 2. The Labute approximate surface area is 160 Å². The predicted octanol–water partition coefficient (Wildman–Crippen LogP) is 2.71. The Bertz CT molecular complexity index is 1000. The van der Waals surface area contributed by atoms with Crippen LogP contribution < -0.4 is 10.6 Å². The summed E-state index contributed by atoms with van der Waals surface area (Å²) in [6.07, 6.45) is 0. The van der Waals surface area contributed by atoms with Crippen LogP contribution in [0.15, 0.2) is 30.3 Å². The van der Waals surface area contributed by atoms with E-state index in [9.17, 15) is 13.6 Å². The Hall–Kier alpha value is -3.36. The highest BCUT2D eigenvalue weighted by molar-refractivity contribution is 5.94. The molecule has 3 rings (SSSR count). The number of anilines is 1. The number of hydrogen-bond acceptors (Lipinski definition) is 5. The monoisotopic (exact) mass is 386 g/mol. The quantitative estimate of drug-likeness (QED) is 0.637. The van der Waals surface area contributed by atoms with E-state index in [4.69, 9.17) is 0 Å². The molecule has 0 unspecified atom stereocenters. The van der Waals surface area contributed by atoms with Crippen LogP contribution in [-0.2, 0) is 0 Å². The van der Waals surface area contributed by atoms with Gasteiger partial charge in [0, 0.05) is 24.8 Å². The van der Waals surface area contributed by atoms with Crippen LogP contribution in [0.2, 0.25) is 0 Å². The minimum absolute atomic E-state index is 0.203. The van der Waals surface area contributed by atoms with Gasteiger partial charge in [-0.2, -0.15) is 5.10 Å². The molecule has 28 heavy (non-hydrogen) atoms. The van der Waals surface area contributed by atoms with E-state index < -0.39 is 17.5 Å². The Morgan fingerprint density at radius 1 is 1.07 bits per heavy atom. The molecule has 0 aliphatic carbocycles. The maximum atomic E-state index is 13.6. The number of hydrogen-bond donors (Lipinski definition) is 2. The molecule has 0 radical (unpaired) electrons. The molecule has 0 spiro atoms. The maximum Gasteiger partial charge on any atom is 0.254 e. The van der Waals surface area contributed by atoms with E-state index in [1.54, 1.807) is 16.8 Å². The summed E-state index contributed by atoms with van der Waals surface area (Å²) >= 11 is 0. The fourth-order valence-corrected chi connectivity index (χ4v) is 2.61. The first-order valence-corrected chi connectivity index (χ1v) is 8.71. The molecular weight excluding hydrogens is 366 g/mol. The van der Waals surface area contributed by atoms with Crippen LogP contribution in [0, 0.1) is 32.4 Å². The van der Waals surface area contributed by atoms with Crippen molar-refractivity contribution in [2.24, 2.45) is 0 Å². The lowest BCUT2D eigenvalue weighted by Gasteiger charge is -2.08. The number of amides is 1. The average molecular weight is 386 g/mol. The fourth-order valence-electron chi connectivity index (χ4n) is 2.61. The molecule has 3 aromatic rings. The van der Waals surface area contributed by atoms with Gasteiger partial charge in [0.2, 0.25) is 0 Å². The Morgan fingerprint density at radius 3 is 2.46 bits per heavy atom. The van der Waals surface area contributed by atoms with Crippen molar-refractivity contribution >= 4 is 11.7 Å². The second kappa shape index (κ2) is 8.12. The molecule has 2 aromatic heterocycles. The van der Waals surface area contributed by atoms with Gasteiger partial charge in [0.15, 0.2) is 5.82 Å². The van der Waals surface area contributed by atoms with E-state index in [-0.39, 0.29) is 12.1 Å². The predicted molar refractivity (Wildman–Crippen MR) is 101 cm³/mol. The molecule has 0 bridgehead atoms. The number of benzene rings is 1. The van der Waals surface area contributed by atoms with Crippen LogP contribution in [0.3, 0.4) is 0 Å². The summed E-state index contributed by atoms with van der Waals surface area (Å²) in [5.41, 5.74) is 2.85. The largest absolute Gasteiger partial charge is 0.367 e. The first-order chi connectivity index (χ1) is 13.4. The molecule has 1 amide bonds. The summed E-state index contributed by atoms with van der Waals surface area (Å²) in [4.78, 5) is 11.9.